The Morgan fingerprint density at radius 3 is 2.55 bits per heavy atom. The van der Waals surface area contributed by atoms with Crippen LogP contribution < -0.4 is 19.5 Å². The number of benzene rings is 2. The third kappa shape index (κ3) is 3.52. The maximum Gasteiger partial charge on any atom is 0.231 e. The highest BCUT2D eigenvalue weighted by Crippen LogP contribution is 2.32. The van der Waals surface area contributed by atoms with Crippen LogP contribution in [-0.2, 0) is 13.0 Å². The predicted molar refractivity (Wildman–Crippen MR) is 85.6 cm³/mol. The summed E-state index contributed by atoms with van der Waals surface area (Å²) < 4.78 is 15.9. The van der Waals surface area contributed by atoms with E-state index in [2.05, 4.69) is 30.4 Å². The van der Waals surface area contributed by atoms with Gasteiger partial charge in [-0.2, -0.15) is 0 Å². The number of nitrogens with one attached hydrogen (secondary N) is 1. The molecule has 1 N–H and O–H groups in total. The van der Waals surface area contributed by atoms with Crippen molar-refractivity contribution in [2.45, 2.75) is 25.9 Å². The zero-order valence-corrected chi connectivity index (χ0v) is 13.0. The highest BCUT2D eigenvalue weighted by atomic mass is 16.7. The molecule has 2 aromatic rings. The maximum absolute atomic E-state index is 5.40. The molecular formula is C18H21NO3. The minimum atomic E-state index is 0.320. The molecule has 1 aliphatic heterocycles. The molecule has 0 bridgehead atoms. The molecule has 0 saturated heterocycles. The molecule has 4 nitrogen and oxygen atoms in total. The SMILES string of the molecule is COc1ccc(C[C@@H](C)NCc2ccc3c(c2)OCO3)cc1. The summed E-state index contributed by atoms with van der Waals surface area (Å²) in [4.78, 5) is 0. The summed E-state index contributed by atoms with van der Waals surface area (Å²) in [5, 5.41) is 3.54. The van der Waals surface area contributed by atoms with E-state index in [0.29, 0.717) is 12.8 Å². The first kappa shape index (κ1) is 14.7. The lowest BCUT2D eigenvalue weighted by molar-refractivity contribution is 0.174. The monoisotopic (exact) mass is 299 g/mol. The van der Waals surface area contributed by atoms with Gasteiger partial charge in [0.05, 0.1) is 7.11 Å². The van der Waals surface area contributed by atoms with Crippen LogP contribution in [0.3, 0.4) is 0 Å². The molecule has 0 radical (unpaired) electrons. The third-order valence-corrected chi connectivity index (χ3v) is 3.79. The first-order valence-electron chi connectivity index (χ1n) is 7.49. The maximum atomic E-state index is 5.40. The van der Waals surface area contributed by atoms with Crippen LogP contribution in [0, 0.1) is 0 Å². The Labute approximate surface area is 131 Å². The summed E-state index contributed by atoms with van der Waals surface area (Å²) in [5.74, 6) is 2.56. The Hall–Kier alpha value is -2.20. The van der Waals surface area contributed by atoms with Crippen LogP contribution in [0.15, 0.2) is 42.5 Å². The summed E-state index contributed by atoms with van der Waals surface area (Å²) in [6, 6.07) is 14.7. The van der Waals surface area contributed by atoms with E-state index in [1.807, 2.05) is 24.3 Å². The van der Waals surface area contributed by atoms with Crippen LogP contribution in [0.1, 0.15) is 18.1 Å². The molecule has 2 aromatic carbocycles. The van der Waals surface area contributed by atoms with Crippen LogP contribution >= 0.6 is 0 Å². The third-order valence-electron chi connectivity index (χ3n) is 3.79. The molecular weight excluding hydrogens is 278 g/mol. The van der Waals surface area contributed by atoms with Crippen molar-refractivity contribution in [1.82, 2.24) is 5.32 Å². The smallest absolute Gasteiger partial charge is 0.231 e. The number of hydrogen-bond donors (Lipinski definition) is 1. The van der Waals surface area contributed by atoms with Crippen molar-refractivity contribution in [3.05, 3.63) is 53.6 Å². The lowest BCUT2D eigenvalue weighted by atomic mass is 10.1. The van der Waals surface area contributed by atoms with Gasteiger partial charge in [0.15, 0.2) is 11.5 Å². The highest BCUT2D eigenvalue weighted by molar-refractivity contribution is 5.44. The molecule has 0 aliphatic carbocycles. The Balaban J connectivity index is 1.52. The van der Waals surface area contributed by atoms with E-state index in [1.165, 1.54) is 11.1 Å². The lowest BCUT2D eigenvalue weighted by Gasteiger charge is -2.14. The van der Waals surface area contributed by atoms with Gasteiger partial charge in [-0.05, 0) is 48.7 Å². The average molecular weight is 299 g/mol. The Kier molecular flexibility index (Phi) is 4.49. The van der Waals surface area contributed by atoms with E-state index in [4.69, 9.17) is 14.2 Å². The summed E-state index contributed by atoms with van der Waals surface area (Å²) in [5.41, 5.74) is 2.50. The summed E-state index contributed by atoms with van der Waals surface area (Å²) >= 11 is 0. The zero-order valence-electron chi connectivity index (χ0n) is 13.0. The van der Waals surface area contributed by atoms with E-state index in [0.717, 1.165) is 30.2 Å². The van der Waals surface area contributed by atoms with Crippen LogP contribution in [0.4, 0.5) is 0 Å². The van der Waals surface area contributed by atoms with Gasteiger partial charge in [0.1, 0.15) is 5.75 Å². The van der Waals surface area contributed by atoms with Crippen molar-refractivity contribution in [2.24, 2.45) is 0 Å². The topological polar surface area (TPSA) is 39.7 Å². The van der Waals surface area contributed by atoms with Gasteiger partial charge in [0, 0.05) is 12.6 Å². The Bertz CT molecular complexity index is 625. The molecule has 0 saturated carbocycles. The van der Waals surface area contributed by atoms with Crippen molar-refractivity contribution >= 4 is 0 Å². The molecule has 1 aliphatic rings. The van der Waals surface area contributed by atoms with Gasteiger partial charge in [-0.25, -0.2) is 0 Å². The second kappa shape index (κ2) is 6.71. The first-order valence-corrected chi connectivity index (χ1v) is 7.49. The molecule has 4 heteroatoms. The van der Waals surface area contributed by atoms with Crippen molar-refractivity contribution in [3.8, 4) is 17.2 Å². The molecule has 22 heavy (non-hydrogen) atoms. The van der Waals surface area contributed by atoms with E-state index in [-0.39, 0.29) is 0 Å². The van der Waals surface area contributed by atoms with Gasteiger partial charge in [-0.15, -0.1) is 0 Å². The second-order valence-corrected chi connectivity index (χ2v) is 5.52. The van der Waals surface area contributed by atoms with E-state index >= 15 is 0 Å². The first-order chi connectivity index (χ1) is 10.7. The Morgan fingerprint density at radius 2 is 1.77 bits per heavy atom. The molecule has 1 atom stereocenters. The number of fused-ring (bicyclic) bond motifs is 1. The summed E-state index contributed by atoms with van der Waals surface area (Å²) in [6.45, 7) is 3.32. The summed E-state index contributed by atoms with van der Waals surface area (Å²) in [6.07, 6.45) is 0.981. The summed E-state index contributed by atoms with van der Waals surface area (Å²) in [7, 11) is 1.69. The number of rotatable bonds is 6. The molecule has 0 amide bonds. The van der Waals surface area contributed by atoms with Crippen LogP contribution in [0.25, 0.3) is 0 Å². The normalized spacial score (nSPS) is 13.9. The molecule has 116 valence electrons. The van der Waals surface area contributed by atoms with E-state index in [9.17, 15) is 0 Å². The second-order valence-electron chi connectivity index (χ2n) is 5.52. The number of ether oxygens (including phenoxy) is 3. The number of methoxy groups -OCH3 is 1. The molecule has 0 aromatic heterocycles. The average Bonchev–Trinajstić information content (AvgIpc) is 3.01. The minimum absolute atomic E-state index is 0.320. The predicted octanol–water partition coefficient (Wildman–Crippen LogP) is 3.14. The standard InChI is InChI=1S/C18H21NO3/c1-13(9-14-3-6-16(20-2)7-4-14)19-11-15-5-8-17-18(10-15)22-12-21-17/h3-8,10,13,19H,9,11-12H2,1-2H3/t13-/m1/s1. The molecule has 1 heterocycles. The molecule has 0 spiro atoms. The van der Waals surface area contributed by atoms with Crippen molar-refractivity contribution < 1.29 is 14.2 Å². The van der Waals surface area contributed by atoms with Crippen LogP contribution in [-0.4, -0.2) is 19.9 Å². The fraction of sp³-hybridized carbons (Fsp3) is 0.333. The van der Waals surface area contributed by atoms with E-state index < -0.39 is 0 Å². The minimum Gasteiger partial charge on any atom is -0.497 e. The van der Waals surface area contributed by atoms with Crippen LogP contribution in [0.2, 0.25) is 0 Å². The fourth-order valence-electron chi connectivity index (χ4n) is 2.53. The van der Waals surface area contributed by atoms with E-state index in [1.54, 1.807) is 7.11 Å². The fourth-order valence-corrected chi connectivity index (χ4v) is 2.53. The van der Waals surface area contributed by atoms with Crippen molar-refractivity contribution in [2.75, 3.05) is 13.9 Å². The van der Waals surface area contributed by atoms with Crippen molar-refractivity contribution in [3.63, 3.8) is 0 Å². The lowest BCUT2D eigenvalue weighted by Crippen LogP contribution is -2.27. The van der Waals surface area contributed by atoms with Crippen molar-refractivity contribution in [1.29, 1.82) is 0 Å². The molecule has 3 rings (SSSR count). The number of hydrogen-bond acceptors (Lipinski definition) is 4. The largest absolute Gasteiger partial charge is 0.497 e. The highest BCUT2D eigenvalue weighted by Gasteiger charge is 2.13. The van der Waals surface area contributed by atoms with Gasteiger partial charge in [-0.1, -0.05) is 18.2 Å². The van der Waals surface area contributed by atoms with Gasteiger partial charge in [0.2, 0.25) is 6.79 Å². The van der Waals surface area contributed by atoms with Crippen LogP contribution in [0.5, 0.6) is 17.2 Å². The quantitative estimate of drug-likeness (QED) is 0.889. The zero-order chi connectivity index (χ0) is 15.4. The van der Waals surface area contributed by atoms with Gasteiger partial charge in [-0.3, -0.25) is 0 Å². The molecule has 0 unspecified atom stereocenters. The van der Waals surface area contributed by atoms with Gasteiger partial charge in [0.25, 0.3) is 0 Å². The van der Waals surface area contributed by atoms with Gasteiger partial charge >= 0.3 is 0 Å². The molecule has 0 fully saturated rings. The Morgan fingerprint density at radius 1 is 1.05 bits per heavy atom. The van der Waals surface area contributed by atoms with Gasteiger partial charge < -0.3 is 19.5 Å².